The van der Waals surface area contributed by atoms with Crippen LogP contribution in [-0.2, 0) is 6.54 Å². The maximum atomic E-state index is 9.86. The van der Waals surface area contributed by atoms with Crippen molar-refractivity contribution in [3.05, 3.63) is 23.5 Å². The smallest absolute Gasteiger partial charge is 0.142 e. The molecule has 0 saturated heterocycles. The Morgan fingerprint density at radius 1 is 1.32 bits per heavy atom. The molecule has 104 valence electrons. The molecule has 0 amide bonds. The summed E-state index contributed by atoms with van der Waals surface area (Å²) in [5, 5.41) is 13.3. The van der Waals surface area contributed by atoms with Crippen molar-refractivity contribution in [2.45, 2.75) is 63.8 Å². The van der Waals surface area contributed by atoms with Crippen LogP contribution in [0.4, 0.5) is 0 Å². The second kappa shape index (κ2) is 5.47. The molecule has 2 fully saturated rings. The van der Waals surface area contributed by atoms with Gasteiger partial charge in [-0.25, -0.2) is 0 Å². The van der Waals surface area contributed by atoms with Crippen molar-refractivity contribution < 1.29 is 9.84 Å². The van der Waals surface area contributed by atoms with Crippen molar-refractivity contribution >= 4 is 0 Å². The normalized spacial score (nSPS) is 26.6. The monoisotopic (exact) mass is 262 g/mol. The maximum Gasteiger partial charge on any atom is 0.142 e. The average Bonchev–Trinajstić information content (AvgIpc) is 3.14. The highest BCUT2D eigenvalue weighted by Crippen LogP contribution is 2.27. The lowest BCUT2D eigenvalue weighted by atomic mass is 10.2. The molecule has 4 nitrogen and oxygen atoms in total. The van der Waals surface area contributed by atoms with Gasteiger partial charge in [-0.1, -0.05) is 0 Å². The molecule has 2 aliphatic rings. The largest absolute Gasteiger partial charge is 0.486 e. The van der Waals surface area contributed by atoms with Gasteiger partial charge in [0.2, 0.25) is 0 Å². The van der Waals surface area contributed by atoms with E-state index in [0.29, 0.717) is 6.04 Å². The number of aryl methyl sites for hydroxylation is 1. The van der Waals surface area contributed by atoms with Crippen LogP contribution in [0.5, 0.6) is 5.75 Å². The quantitative estimate of drug-likeness (QED) is 0.851. The summed E-state index contributed by atoms with van der Waals surface area (Å²) >= 11 is 0. The van der Waals surface area contributed by atoms with Crippen LogP contribution in [0.25, 0.3) is 0 Å². The zero-order chi connectivity index (χ0) is 13.2. The summed E-state index contributed by atoms with van der Waals surface area (Å²) in [5.41, 5.74) is 1.97. The SMILES string of the molecule is Cc1ccc(OC2CCCC2O)c(CNC2CC2)n1. The first kappa shape index (κ1) is 12.9. The minimum atomic E-state index is -0.328. The van der Waals surface area contributed by atoms with E-state index in [4.69, 9.17) is 4.74 Å². The lowest BCUT2D eigenvalue weighted by Gasteiger charge is -2.19. The second-order valence-corrected chi connectivity index (χ2v) is 5.71. The van der Waals surface area contributed by atoms with E-state index in [1.165, 1.54) is 12.8 Å². The summed E-state index contributed by atoms with van der Waals surface area (Å²) in [5.74, 6) is 0.824. The molecule has 1 heterocycles. The van der Waals surface area contributed by atoms with E-state index in [-0.39, 0.29) is 12.2 Å². The Labute approximate surface area is 114 Å². The molecule has 2 aliphatic carbocycles. The van der Waals surface area contributed by atoms with Crippen molar-refractivity contribution in [1.82, 2.24) is 10.3 Å². The Bertz CT molecular complexity index is 446. The van der Waals surface area contributed by atoms with Gasteiger partial charge < -0.3 is 15.2 Å². The number of ether oxygens (including phenoxy) is 1. The summed E-state index contributed by atoms with van der Waals surface area (Å²) in [6.45, 7) is 2.75. The molecule has 0 aliphatic heterocycles. The topological polar surface area (TPSA) is 54.4 Å². The van der Waals surface area contributed by atoms with E-state index in [1.54, 1.807) is 0 Å². The van der Waals surface area contributed by atoms with Crippen LogP contribution < -0.4 is 10.1 Å². The third kappa shape index (κ3) is 3.25. The van der Waals surface area contributed by atoms with Crippen LogP contribution in [0.15, 0.2) is 12.1 Å². The van der Waals surface area contributed by atoms with E-state index < -0.39 is 0 Å². The molecule has 0 aromatic carbocycles. The molecule has 2 unspecified atom stereocenters. The molecule has 0 radical (unpaired) electrons. The van der Waals surface area contributed by atoms with Crippen LogP contribution in [0.1, 0.15) is 43.5 Å². The van der Waals surface area contributed by atoms with Crippen molar-refractivity contribution in [3.8, 4) is 5.75 Å². The number of rotatable bonds is 5. The molecular formula is C15H22N2O2. The number of aliphatic hydroxyl groups is 1. The van der Waals surface area contributed by atoms with Gasteiger partial charge >= 0.3 is 0 Å². The van der Waals surface area contributed by atoms with Gasteiger partial charge in [0.25, 0.3) is 0 Å². The predicted octanol–water partition coefficient (Wildman–Crippen LogP) is 1.93. The molecule has 19 heavy (non-hydrogen) atoms. The van der Waals surface area contributed by atoms with E-state index in [9.17, 15) is 5.11 Å². The molecule has 2 saturated carbocycles. The van der Waals surface area contributed by atoms with Crippen molar-refractivity contribution in [3.63, 3.8) is 0 Å². The summed E-state index contributed by atoms with van der Waals surface area (Å²) < 4.78 is 5.97. The Balaban J connectivity index is 1.70. The van der Waals surface area contributed by atoms with Gasteiger partial charge in [0.05, 0.1) is 11.8 Å². The molecule has 0 bridgehead atoms. The van der Waals surface area contributed by atoms with E-state index >= 15 is 0 Å². The number of aliphatic hydroxyl groups excluding tert-OH is 1. The van der Waals surface area contributed by atoms with Crippen LogP contribution in [-0.4, -0.2) is 28.3 Å². The molecule has 1 aromatic heterocycles. The summed E-state index contributed by atoms with van der Waals surface area (Å²) in [7, 11) is 0. The first-order chi connectivity index (χ1) is 9.22. The Kier molecular flexibility index (Phi) is 3.71. The van der Waals surface area contributed by atoms with Gasteiger partial charge in [-0.2, -0.15) is 0 Å². The number of aromatic nitrogens is 1. The molecule has 1 aromatic rings. The Hall–Kier alpha value is -1.13. The summed E-state index contributed by atoms with van der Waals surface area (Å²) in [6, 6.07) is 4.61. The van der Waals surface area contributed by atoms with Gasteiger partial charge in [0.1, 0.15) is 11.9 Å². The highest BCUT2D eigenvalue weighted by molar-refractivity contribution is 5.29. The fourth-order valence-corrected chi connectivity index (χ4v) is 2.57. The van der Waals surface area contributed by atoms with Crippen LogP contribution >= 0.6 is 0 Å². The summed E-state index contributed by atoms with van der Waals surface area (Å²) in [4.78, 5) is 4.57. The number of hydrogen-bond acceptors (Lipinski definition) is 4. The number of hydrogen-bond donors (Lipinski definition) is 2. The van der Waals surface area contributed by atoms with Crippen molar-refractivity contribution in [2.24, 2.45) is 0 Å². The molecule has 0 spiro atoms. The van der Waals surface area contributed by atoms with Gasteiger partial charge in [0.15, 0.2) is 0 Å². The van der Waals surface area contributed by atoms with Crippen molar-refractivity contribution in [1.29, 1.82) is 0 Å². The zero-order valence-electron chi connectivity index (χ0n) is 11.4. The van der Waals surface area contributed by atoms with Crippen molar-refractivity contribution in [2.75, 3.05) is 0 Å². The van der Waals surface area contributed by atoms with E-state index in [1.807, 2.05) is 19.1 Å². The van der Waals surface area contributed by atoms with E-state index in [0.717, 1.165) is 42.9 Å². The molecule has 2 N–H and O–H groups in total. The first-order valence-electron chi connectivity index (χ1n) is 7.27. The third-order valence-corrected chi connectivity index (χ3v) is 3.90. The molecule has 4 heteroatoms. The standard InChI is InChI=1S/C15H22N2O2/c1-10-5-8-14(19-15-4-2-3-13(15)18)12(17-10)9-16-11-6-7-11/h5,8,11,13,15-16,18H,2-4,6-7,9H2,1H3. The second-order valence-electron chi connectivity index (χ2n) is 5.71. The Morgan fingerprint density at radius 3 is 2.84 bits per heavy atom. The van der Waals surface area contributed by atoms with Crippen LogP contribution in [0.3, 0.4) is 0 Å². The minimum absolute atomic E-state index is 0.0656. The minimum Gasteiger partial charge on any atom is -0.486 e. The Morgan fingerprint density at radius 2 is 2.16 bits per heavy atom. The van der Waals surface area contributed by atoms with Crippen LogP contribution in [0, 0.1) is 6.92 Å². The predicted molar refractivity (Wildman–Crippen MR) is 73.1 cm³/mol. The molecule has 2 atom stereocenters. The number of nitrogens with zero attached hydrogens (tertiary/aromatic N) is 1. The van der Waals surface area contributed by atoms with Gasteiger partial charge in [-0.15, -0.1) is 0 Å². The fourth-order valence-electron chi connectivity index (χ4n) is 2.57. The zero-order valence-corrected chi connectivity index (χ0v) is 11.4. The molecule has 3 rings (SSSR count). The fraction of sp³-hybridized carbons (Fsp3) is 0.667. The number of pyridine rings is 1. The van der Waals surface area contributed by atoms with Gasteiger partial charge in [0, 0.05) is 18.3 Å². The maximum absolute atomic E-state index is 9.86. The average molecular weight is 262 g/mol. The highest BCUT2D eigenvalue weighted by Gasteiger charge is 2.28. The van der Waals surface area contributed by atoms with Crippen LogP contribution in [0.2, 0.25) is 0 Å². The number of nitrogens with one attached hydrogen (secondary N) is 1. The molecular weight excluding hydrogens is 240 g/mol. The van der Waals surface area contributed by atoms with Gasteiger partial charge in [-0.05, 0) is 51.2 Å². The third-order valence-electron chi connectivity index (χ3n) is 3.90. The van der Waals surface area contributed by atoms with Gasteiger partial charge in [-0.3, -0.25) is 4.98 Å². The highest BCUT2D eigenvalue weighted by atomic mass is 16.5. The lowest BCUT2D eigenvalue weighted by molar-refractivity contribution is 0.0594. The lowest BCUT2D eigenvalue weighted by Crippen LogP contribution is -2.27. The first-order valence-corrected chi connectivity index (χ1v) is 7.27. The summed E-state index contributed by atoms with van der Waals surface area (Å²) in [6.07, 6.45) is 4.96. The van der Waals surface area contributed by atoms with E-state index in [2.05, 4.69) is 10.3 Å².